The Kier molecular flexibility index (Phi) is 5.53. The van der Waals surface area contributed by atoms with Gasteiger partial charge in [0.15, 0.2) is 11.5 Å². The lowest BCUT2D eigenvalue weighted by Crippen LogP contribution is -1.98. The summed E-state index contributed by atoms with van der Waals surface area (Å²) in [5.41, 5.74) is 2.40. The van der Waals surface area contributed by atoms with Crippen LogP contribution in [0.5, 0.6) is 23.0 Å². The van der Waals surface area contributed by atoms with E-state index < -0.39 is 0 Å². The molecule has 0 radical (unpaired) electrons. The van der Waals surface area contributed by atoms with Gasteiger partial charge in [-0.05, 0) is 48.2 Å². The predicted molar refractivity (Wildman–Crippen MR) is 86.5 cm³/mol. The van der Waals surface area contributed by atoms with Gasteiger partial charge in [-0.25, -0.2) is 0 Å². The molecule has 0 saturated carbocycles. The summed E-state index contributed by atoms with van der Waals surface area (Å²) in [4.78, 5) is 0. The Labute approximate surface area is 131 Å². The summed E-state index contributed by atoms with van der Waals surface area (Å²) in [6.45, 7) is 0. The summed E-state index contributed by atoms with van der Waals surface area (Å²) in [5, 5.41) is 0. The molecule has 2 rings (SSSR count). The topological polar surface area (TPSA) is 36.9 Å². The van der Waals surface area contributed by atoms with Crippen LogP contribution in [0.1, 0.15) is 11.1 Å². The minimum absolute atomic E-state index is 0.623. The van der Waals surface area contributed by atoms with Crippen LogP contribution in [0.25, 0.3) is 0 Å². The van der Waals surface area contributed by atoms with Crippen molar-refractivity contribution in [3.8, 4) is 23.0 Å². The number of hydrogen-bond acceptors (Lipinski definition) is 4. The summed E-state index contributed by atoms with van der Waals surface area (Å²) >= 11 is 0. The highest BCUT2D eigenvalue weighted by Gasteiger charge is 2.13. The van der Waals surface area contributed by atoms with E-state index in [1.54, 1.807) is 28.4 Å². The minimum atomic E-state index is 0.623. The molecule has 118 valence electrons. The smallest absolute Gasteiger partial charge is 0.203 e. The molecule has 22 heavy (non-hydrogen) atoms. The van der Waals surface area contributed by atoms with Crippen LogP contribution in [0, 0.1) is 0 Å². The van der Waals surface area contributed by atoms with Gasteiger partial charge in [0.05, 0.1) is 28.4 Å². The maximum Gasteiger partial charge on any atom is 0.203 e. The second-order valence-corrected chi connectivity index (χ2v) is 4.88. The SMILES string of the molecule is COc1ccc(CCc2cc(OC)c(OC)c(OC)c2)cc1. The molecule has 0 amide bonds. The zero-order valence-electron chi connectivity index (χ0n) is 13.5. The number of rotatable bonds is 7. The van der Waals surface area contributed by atoms with Gasteiger partial charge in [0.2, 0.25) is 5.75 Å². The van der Waals surface area contributed by atoms with Gasteiger partial charge < -0.3 is 18.9 Å². The molecule has 0 bridgehead atoms. The largest absolute Gasteiger partial charge is 0.497 e. The van der Waals surface area contributed by atoms with Crippen molar-refractivity contribution in [1.82, 2.24) is 0 Å². The summed E-state index contributed by atoms with van der Waals surface area (Å²) < 4.78 is 21.3. The van der Waals surface area contributed by atoms with E-state index in [1.165, 1.54) is 5.56 Å². The van der Waals surface area contributed by atoms with E-state index in [4.69, 9.17) is 18.9 Å². The quantitative estimate of drug-likeness (QED) is 0.784. The fourth-order valence-electron chi connectivity index (χ4n) is 2.36. The number of hydrogen-bond donors (Lipinski definition) is 0. The fraction of sp³-hybridized carbons (Fsp3) is 0.333. The predicted octanol–water partition coefficient (Wildman–Crippen LogP) is 3.51. The van der Waals surface area contributed by atoms with Crippen molar-refractivity contribution in [2.75, 3.05) is 28.4 Å². The number of methoxy groups -OCH3 is 4. The lowest BCUT2D eigenvalue weighted by Gasteiger charge is -2.14. The third kappa shape index (κ3) is 3.64. The molecule has 0 heterocycles. The maximum absolute atomic E-state index is 5.38. The van der Waals surface area contributed by atoms with Crippen LogP contribution in [-0.2, 0) is 12.8 Å². The van der Waals surface area contributed by atoms with Crippen LogP contribution >= 0.6 is 0 Å². The summed E-state index contributed by atoms with van der Waals surface area (Å²) in [6, 6.07) is 12.1. The first-order valence-electron chi connectivity index (χ1n) is 7.13. The first-order valence-corrected chi connectivity index (χ1v) is 7.13. The second kappa shape index (κ2) is 7.59. The van der Waals surface area contributed by atoms with Gasteiger partial charge in [0.25, 0.3) is 0 Å². The Hall–Kier alpha value is -2.36. The van der Waals surface area contributed by atoms with Crippen LogP contribution in [0.4, 0.5) is 0 Å². The summed E-state index contributed by atoms with van der Waals surface area (Å²) in [5.74, 6) is 2.87. The molecule has 0 fully saturated rings. The van der Waals surface area contributed by atoms with Crippen LogP contribution in [0.2, 0.25) is 0 Å². The normalized spacial score (nSPS) is 10.2. The zero-order valence-corrected chi connectivity index (χ0v) is 13.5. The van der Waals surface area contributed by atoms with E-state index in [-0.39, 0.29) is 0 Å². The molecule has 0 aliphatic carbocycles. The van der Waals surface area contributed by atoms with E-state index in [0.29, 0.717) is 17.2 Å². The molecule has 4 heteroatoms. The van der Waals surface area contributed by atoms with Gasteiger partial charge in [-0.1, -0.05) is 12.1 Å². The van der Waals surface area contributed by atoms with Gasteiger partial charge in [-0.3, -0.25) is 0 Å². The number of ether oxygens (including phenoxy) is 4. The van der Waals surface area contributed by atoms with E-state index in [9.17, 15) is 0 Å². The zero-order chi connectivity index (χ0) is 15.9. The molecular weight excluding hydrogens is 280 g/mol. The Bertz CT molecular complexity index is 580. The minimum Gasteiger partial charge on any atom is -0.497 e. The van der Waals surface area contributed by atoms with Crippen molar-refractivity contribution in [2.45, 2.75) is 12.8 Å². The molecule has 2 aromatic rings. The van der Waals surface area contributed by atoms with E-state index in [0.717, 1.165) is 24.2 Å². The molecule has 0 aliphatic heterocycles. The van der Waals surface area contributed by atoms with Crippen molar-refractivity contribution in [3.05, 3.63) is 47.5 Å². The Morgan fingerprint density at radius 3 is 1.64 bits per heavy atom. The highest BCUT2D eigenvalue weighted by molar-refractivity contribution is 5.54. The maximum atomic E-state index is 5.38. The van der Waals surface area contributed by atoms with Crippen molar-refractivity contribution in [1.29, 1.82) is 0 Å². The average molecular weight is 302 g/mol. The van der Waals surface area contributed by atoms with E-state index in [2.05, 4.69) is 12.1 Å². The summed E-state index contributed by atoms with van der Waals surface area (Å²) in [7, 11) is 6.54. The Morgan fingerprint density at radius 1 is 0.636 bits per heavy atom. The molecule has 2 aromatic carbocycles. The number of aryl methyl sites for hydroxylation is 2. The Morgan fingerprint density at radius 2 is 1.18 bits per heavy atom. The van der Waals surface area contributed by atoms with Gasteiger partial charge in [0, 0.05) is 0 Å². The van der Waals surface area contributed by atoms with Crippen molar-refractivity contribution in [3.63, 3.8) is 0 Å². The standard InChI is InChI=1S/C18H22O4/c1-19-15-9-7-13(8-10-15)5-6-14-11-16(20-2)18(22-4)17(12-14)21-3/h7-12H,5-6H2,1-4H3. The van der Waals surface area contributed by atoms with Crippen LogP contribution in [-0.4, -0.2) is 28.4 Å². The molecular formula is C18H22O4. The van der Waals surface area contributed by atoms with Crippen molar-refractivity contribution in [2.24, 2.45) is 0 Å². The lowest BCUT2D eigenvalue weighted by molar-refractivity contribution is 0.324. The number of benzene rings is 2. The molecule has 0 unspecified atom stereocenters. The molecule has 0 spiro atoms. The molecule has 0 N–H and O–H groups in total. The van der Waals surface area contributed by atoms with E-state index in [1.807, 2.05) is 24.3 Å². The van der Waals surface area contributed by atoms with Crippen molar-refractivity contribution >= 4 is 0 Å². The lowest BCUT2D eigenvalue weighted by atomic mass is 10.0. The van der Waals surface area contributed by atoms with Gasteiger partial charge in [-0.2, -0.15) is 0 Å². The van der Waals surface area contributed by atoms with Gasteiger partial charge in [0.1, 0.15) is 5.75 Å². The molecule has 4 nitrogen and oxygen atoms in total. The first-order chi connectivity index (χ1) is 10.7. The van der Waals surface area contributed by atoms with Gasteiger partial charge >= 0.3 is 0 Å². The third-order valence-corrected chi connectivity index (χ3v) is 3.59. The summed E-state index contributed by atoms with van der Waals surface area (Å²) in [6.07, 6.45) is 1.83. The van der Waals surface area contributed by atoms with Crippen LogP contribution in [0.15, 0.2) is 36.4 Å². The first kappa shape index (κ1) is 16.0. The fourth-order valence-corrected chi connectivity index (χ4v) is 2.36. The highest BCUT2D eigenvalue weighted by Crippen LogP contribution is 2.38. The van der Waals surface area contributed by atoms with Crippen molar-refractivity contribution < 1.29 is 18.9 Å². The second-order valence-electron chi connectivity index (χ2n) is 4.88. The molecule has 0 aliphatic rings. The average Bonchev–Trinajstić information content (AvgIpc) is 2.59. The van der Waals surface area contributed by atoms with E-state index >= 15 is 0 Å². The van der Waals surface area contributed by atoms with Crippen LogP contribution in [0.3, 0.4) is 0 Å². The molecule has 0 aromatic heterocycles. The van der Waals surface area contributed by atoms with Gasteiger partial charge in [-0.15, -0.1) is 0 Å². The molecule has 0 atom stereocenters. The van der Waals surface area contributed by atoms with Crippen LogP contribution < -0.4 is 18.9 Å². The highest BCUT2D eigenvalue weighted by atomic mass is 16.5. The Balaban J connectivity index is 2.14. The molecule has 0 saturated heterocycles. The monoisotopic (exact) mass is 302 g/mol. The third-order valence-electron chi connectivity index (χ3n) is 3.59.